The molecule has 1 fully saturated rings. The summed E-state index contributed by atoms with van der Waals surface area (Å²) in [6.07, 6.45) is 2.91. The minimum atomic E-state index is -4.01. The fourth-order valence-electron chi connectivity index (χ4n) is 2.43. The molecule has 2 N–H and O–H groups in total. The summed E-state index contributed by atoms with van der Waals surface area (Å²) in [6.45, 7) is 2.37. The molecule has 1 aliphatic rings. The van der Waals surface area contributed by atoms with E-state index in [4.69, 9.17) is 28.9 Å². The van der Waals surface area contributed by atoms with Crippen LogP contribution in [0, 0.1) is 6.92 Å². The third-order valence-corrected chi connectivity index (χ3v) is 5.99. The molecule has 0 spiro atoms. The van der Waals surface area contributed by atoms with Gasteiger partial charge in [0.15, 0.2) is 0 Å². The molecule has 0 unspecified atom stereocenters. The number of halogens is 2. The van der Waals surface area contributed by atoms with Crippen molar-refractivity contribution in [3.63, 3.8) is 0 Å². The molecule has 1 aromatic rings. The Morgan fingerprint density at radius 3 is 2.30 bits per heavy atom. The van der Waals surface area contributed by atoms with Gasteiger partial charge < -0.3 is 10.3 Å². The number of hydrogen-bond acceptors (Lipinski definition) is 3. The molecular weight excluding hydrogens is 325 g/mol. The minimum absolute atomic E-state index is 0.110. The molecule has 1 aliphatic heterocycles. The fraction of sp³-hybridized carbons (Fsp3) is 0.545. The Bertz CT molecular complexity index is 634. The van der Waals surface area contributed by atoms with E-state index in [1.165, 1.54) is 0 Å². The molecule has 0 saturated carbocycles. The smallest absolute Gasteiger partial charge is 0.349 e. The Morgan fingerprint density at radius 1 is 1.35 bits per heavy atom. The number of carbonyl (C=O) groups is 1. The SMILES string of the molecule is Cc1c(Cl)c(Cl)cn1C1CCN(S(=O)(=O)C(N)=O)CC1. The van der Waals surface area contributed by atoms with Gasteiger partial charge in [-0.15, -0.1) is 0 Å². The van der Waals surface area contributed by atoms with E-state index in [2.05, 4.69) is 0 Å². The second kappa shape index (κ2) is 5.55. The van der Waals surface area contributed by atoms with Gasteiger partial charge in [-0.25, -0.2) is 8.42 Å². The maximum Gasteiger partial charge on any atom is 0.349 e. The Labute approximate surface area is 127 Å². The molecule has 0 atom stereocenters. The van der Waals surface area contributed by atoms with Crippen molar-refractivity contribution >= 4 is 38.5 Å². The van der Waals surface area contributed by atoms with Crippen LogP contribution in [0.2, 0.25) is 10.0 Å². The third-order valence-electron chi connectivity index (χ3n) is 3.58. The molecule has 20 heavy (non-hydrogen) atoms. The first-order chi connectivity index (χ1) is 9.25. The molecule has 1 amide bonds. The molecule has 1 aromatic heterocycles. The summed E-state index contributed by atoms with van der Waals surface area (Å²) in [4.78, 5) is 10.9. The molecule has 9 heteroatoms. The number of amides is 1. The predicted octanol–water partition coefficient (Wildman–Crippen LogP) is 2.15. The average molecular weight is 340 g/mol. The van der Waals surface area contributed by atoms with Crippen molar-refractivity contribution in [2.24, 2.45) is 5.73 Å². The molecule has 6 nitrogen and oxygen atoms in total. The van der Waals surface area contributed by atoms with Gasteiger partial charge in [0.1, 0.15) is 0 Å². The van der Waals surface area contributed by atoms with E-state index in [-0.39, 0.29) is 19.1 Å². The lowest BCUT2D eigenvalue weighted by molar-refractivity contribution is 0.253. The van der Waals surface area contributed by atoms with Crippen LogP contribution < -0.4 is 5.73 Å². The van der Waals surface area contributed by atoms with Crippen LogP contribution in [0.5, 0.6) is 0 Å². The highest BCUT2D eigenvalue weighted by Crippen LogP contribution is 2.33. The van der Waals surface area contributed by atoms with Crippen LogP contribution >= 0.6 is 23.2 Å². The zero-order chi connectivity index (χ0) is 15.1. The maximum atomic E-state index is 11.7. The highest BCUT2D eigenvalue weighted by atomic mass is 35.5. The van der Waals surface area contributed by atoms with Gasteiger partial charge in [0.2, 0.25) is 0 Å². The summed E-state index contributed by atoms with van der Waals surface area (Å²) in [5, 5.41) is -0.311. The molecule has 2 rings (SSSR count). The lowest BCUT2D eigenvalue weighted by atomic mass is 10.1. The van der Waals surface area contributed by atoms with Crippen molar-refractivity contribution < 1.29 is 13.2 Å². The van der Waals surface area contributed by atoms with Gasteiger partial charge in [-0.2, -0.15) is 4.31 Å². The van der Waals surface area contributed by atoms with Crippen LogP contribution in [0.25, 0.3) is 0 Å². The normalized spacial score (nSPS) is 18.4. The second-order valence-corrected chi connectivity index (χ2v) is 7.39. The Balaban J connectivity index is 2.12. The predicted molar refractivity (Wildman–Crippen MR) is 77.5 cm³/mol. The molecule has 1 saturated heterocycles. The Kier molecular flexibility index (Phi) is 4.34. The number of piperidine rings is 1. The van der Waals surface area contributed by atoms with Gasteiger partial charge in [0, 0.05) is 31.0 Å². The summed E-state index contributed by atoms with van der Waals surface area (Å²) < 4.78 is 26.4. The van der Waals surface area contributed by atoms with Gasteiger partial charge in [0.25, 0.3) is 10.0 Å². The third kappa shape index (κ3) is 2.67. The summed E-state index contributed by atoms with van der Waals surface area (Å²) >= 11 is 12.0. The topological polar surface area (TPSA) is 85.4 Å². The quantitative estimate of drug-likeness (QED) is 0.895. The van der Waals surface area contributed by atoms with Gasteiger partial charge in [0.05, 0.1) is 10.0 Å². The fourth-order valence-corrected chi connectivity index (χ4v) is 3.76. The van der Waals surface area contributed by atoms with Crippen LogP contribution in [0.15, 0.2) is 6.20 Å². The van der Waals surface area contributed by atoms with Gasteiger partial charge >= 0.3 is 5.24 Å². The van der Waals surface area contributed by atoms with Crippen molar-refractivity contribution in [3.8, 4) is 0 Å². The van der Waals surface area contributed by atoms with Crippen LogP contribution in [-0.4, -0.2) is 35.6 Å². The number of sulfonamides is 1. The van der Waals surface area contributed by atoms with Crippen molar-refractivity contribution in [3.05, 3.63) is 21.9 Å². The maximum absolute atomic E-state index is 11.7. The van der Waals surface area contributed by atoms with Gasteiger partial charge in [-0.05, 0) is 19.8 Å². The molecule has 0 bridgehead atoms. The summed E-state index contributed by atoms with van der Waals surface area (Å²) in [6, 6.07) is 0.110. The molecule has 112 valence electrons. The number of hydrogen-bond donors (Lipinski definition) is 1. The van der Waals surface area contributed by atoms with Crippen molar-refractivity contribution in [1.82, 2.24) is 8.87 Å². The highest BCUT2D eigenvalue weighted by molar-refractivity contribution is 8.03. The van der Waals surface area contributed by atoms with E-state index in [1.807, 2.05) is 11.5 Å². The lowest BCUT2D eigenvalue weighted by Gasteiger charge is -2.31. The van der Waals surface area contributed by atoms with E-state index in [0.717, 1.165) is 10.00 Å². The average Bonchev–Trinajstić information content (AvgIpc) is 2.66. The molecule has 0 radical (unpaired) electrons. The zero-order valence-electron chi connectivity index (χ0n) is 10.8. The lowest BCUT2D eigenvalue weighted by Crippen LogP contribution is -2.44. The number of aromatic nitrogens is 1. The summed E-state index contributed by atoms with van der Waals surface area (Å²) in [5.41, 5.74) is 5.74. The van der Waals surface area contributed by atoms with E-state index < -0.39 is 15.3 Å². The number of primary amides is 1. The van der Waals surface area contributed by atoms with Crippen molar-refractivity contribution in [2.45, 2.75) is 25.8 Å². The monoisotopic (exact) mass is 339 g/mol. The van der Waals surface area contributed by atoms with Crippen LogP contribution in [-0.2, 0) is 10.0 Å². The molecule has 0 aliphatic carbocycles. The number of carbonyl (C=O) groups excluding carboxylic acids is 1. The van der Waals surface area contributed by atoms with E-state index in [9.17, 15) is 13.2 Å². The van der Waals surface area contributed by atoms with Crippen LogP contribution in [0.1, 0.15) is 24.6 Å². The first-order valence-electron chi connectivity index (χ1n) is 6.07. The molecular formula is C11H15Cl2N3O3S. The van der Waals surface area contributed by atoms with E-state index in [0.29, 0.717) is 22.9 Å². The van der Waals surface area contributed by atoms with E-state index in [1.54, 1.807) is 6.20 Å². The second-order valence-electron chi connectivity index (χ2n) is 4.74. The Hall–Kier alpha value is -0.760. The summed E-state index contributed by atoms with van der Waals surface area (Å²) in [5.74, 6) is 0. The van der Waals surface area contributed by atoms with Gasteiger partial charge in [-0.3, -0.25) is 4.79 Å². The summed E-state index contributed by atoms with van der Waals surface area (Å²) in [7, 11) is -4.01. The molecule has 0 aromatic carbocycles. The molecule has 2 heterocycles. The first kappa shape index (κ1) is 15.6. The first-order valence-corrected chi connectivity index (χ1v) is 8.26. The number of rotatable bonds is 2. The van der Waals surface area contributed by atoms with Crippen LogP contribution in [0.4, 0.5) is 4.79 Å². The number of nitrogens with two attached hydrogens (primary N) is 1. The van der Waals surface area contributed by atoms with E-state index >= 15 is 0 Å². The minimum Gasteiger partial charge on any atom is -0.355 e. The van der Waals surface area contributed by atoms with Crippen molar-refractivity contribution in [2.75, 3.05) is 13.1 Å². The largest absolute Gasteiger partial charge is 0.355 e. The standard InChI is InChI=1S/C11H15Cl2N3O3S/c1-7-10(13)9(12)6-16(7)8-2-4-15(5-3-8)20(18,19)11(14)17/h6,8H,2-5H2,1H3,(H2,14,17). The van der Waals surface area contributed by atoms with Gasteiger partial charge in [-0.1, -0.05) is 23.2 Å². The van der Waals surface area contributed by atoms with Crippen LogP contribution in [0.3, 0.4) is 0 Å². The zero-order valence-corrected chi connectivity index (χ0v) is 13.2. The highest BCUT2D eigenvalue weighted by Gasteiger charge is 2.33. The number of nitrogens with zero attached hydrogens (tertiary/aromatic N) is 2. The Morgan fingerprint density at radius 2 is 1.90 bits per heavy atom. The van der Waals surface area contributed by atoms with Crippen molar-refractivity contribution in [1.29, 1.82) is 0 Å².